The van der Waals surface area contributed by atoms with Crippen LogP contribution in [-0.2, 0) is 40.9 Å². The molecule has 9 heteroatoms. The first-order chi connectivity index (χ1) is 10.6. The van der Waals surface area contributed by atoms with Crippen molar-refractivity contribution in [2.75, 3.05) is 0 Å². The van der Waals surface area contributed by atoms with E-state index >= 15 is 0 Å². The van der Waals surface area contributed by atoms with Crippen LogP contribution in [0.15, 0.2) is 0 Å². The minimum atomic E-state index is -1.31. The number of carboxylic acids is 2. The van der Waals surface area contributed by atoms with E-state index in [1.54, 1.807) is 27.7 Å². The van der Waals surface area contributed by atoms with E-state index in [1.807, 2.05) is 0 Å². The van der Waals surface area contributed by atoms with Crippen LogP contribution in [0, 0.1) is 11.8 Å². The summed E-state index contributed by atoms with van der Waals surface area (Å²) in [5.74, 6) is -5.28. The molecule has 0 rings (SSSR count). The van der Waals surface area contributed by atoms with Gasteiger partial charge >= 0.3 is 21.7 Å². The van der Waals surface area contributed by atoms with Crippen LogP contribution in [0.25, 0.3) is 0 Å². The van der Waals surface area contributed by atoms with Gasteiger partial charge in [-0.3, -0.25) is 9.59 Å². The third-order valence-corrected chi connectivity index (χ3v) is 1.93. The van der Waals surface area contributed by atoms with Crippen molar-refractivity contribution in [2.24, 2.45) is 11.8 Å². The predicted octanol–water partition coefficient (Wildman–Crippen LogP) is -1.31. The van der Waals surface area contributed by atoms with Gasteiger partial charge in [-0.25, -0.2) is 0 Å². The van der Waals surface area contributed by atoms with Crippen molar-refractivity contribution in [1.82, 2.24) is 0 Å². The monoisotopic (exact) mass is 398 g/mol. The fraction of sp³-hybridized carbons (Fsp3) is 0.750. The molecule has 0 bridgehead atoms. The molecule has 0 radical (unpaired) electrons. The second-order valence-electron chi connectivity index (χ2n) is 5.49. The summed E-state index contributed by atoms with van der Waals surface area (Å²) in [7, 11) is 0. The van der Waals surface area contributed by atoms with Crippen LogP contribution in [0.3, 0.4) is 0 Å². The summed E-state index contributed by atoms with van der Waals surface area (Å²) in [5, 5.41) is 35.7. The molecule has 0 saturated carbocycles. The maximum absolute atomic E-state index is 10.2. The summed E-state index contributed by atoms with van der Waals surface area (Å²) in [4.78, 5) is 39.9. The Morgan fingerprint density at radius 2 is 0.760 bits per heavy atom. The van der Waals surface area contributed by atoms with Crippen molar-refractivity contribution in [1.29, 1.82) is 0 Å². The first-order valence-electron chi connectivity index (χ1n) is 7.36. The van der Waals surface area contributed by atoms with Crippen molar-refractivity contribution in [3.8, 4) is 0 Å². The van der Waals surface area contributed by atoms with Gasteiger partial charge in [0.15, 0.2) is 0 Å². The first-order valence-corrected chi connectivity index (χ1v) is 7.36. The van der Waals surface area contributed by atoms with Gasteiger partial charge in [-0.2, -0.15) is 0 Å². The van der Waals surface area contributed by atoms with Gasteiger partial charge in [0.05, 0.1) is 23.8 Å². The number of hydrogen-bond acceptors (Lipinski definition) is 8. The van der Waals surface area contributed by atoms with E-state index in [4.69, 9.17) is 10.2 Å². The molecule has 0 aliphatic heterocycles. The van der Waals surface area contributed by atoms with E-state index < -0.39 is 23.8 Å². The van der Waals surface area contributed by atoms with Gasteiger partial charge in [0, 0.05) is 12.2 Å². The molecule has 0 aliphatic carbocycles. The summed E-state index contributed by atoms with van der Waals surface area (Å²) >= 11 is 0. The Balaban J connectivity index is -0.0000000739. The summed E-state index contributed by atoms with van der Waals surface area (Å²) in [6, 6.07) is 0. The second-order valence-corrected chi connectivity index (χ2v) is 5.49. The SMILES string of the molecule is CC(=O)C(C)C(=O)[O-].CC(=O)C(C)C(=O)[O-].CC(C)O.CC(C)O.[Ti+2]. The number of ketones is 2. The Bertz CT molecular complexity index is 311. The molecule has 8 nitrogen and oxygen atoms in total. The molecule has 146 valence electrons. The molecule has 0 amide bonds. The fourth-order valence-corrected chi connectivity index (χ4v) is 0.332. The standard InChI is InChI=1S/2C5H8O3.2C3H8O.Ti/c2*1-3(4(2)6)5(7)8;2*1-3(2)4;/h2*3H,1-2H3,(H,7,8);2*3-4H,1-2H3;/q;;;;+2/p-2. The number of Topliss-reactive ketones (excluding diaryl/α,β-unsaturated/α-hetero) is 2. The van der Waals surface area contributed by atoms with Gasteiger partial charge in [-0.1, -0.05) is 13.8 Å². The van der Waals surface area contributed by atoms with Crippen LogP contribution in [0.2, 0.25) is 0 Å². The third-order valence-electron chi connectivity index (χ3n) is 1.93. The van der Waals surface area contributed by atoms with E-state index in [0.29, 0.717) is 0 Å². The Morgan fingerprint density at radius 1 is 0.640 bits per heavy atom. The molecule has 0 aromatic carbocycles. The minimum Gasteiger partial charge on any atom is -0.549 e. The zero-order valence-electron chi connectivity index (χ0n) is 16.2. The van der Waals surface area contributed by atoms with Crippen LogP contribution in [-0.4, -0.2) is 45.9 Å². The average Bonchev–Trinajstić information content (AvgIpc) is 2.35. The predicted molar refractivity (Wildman–Crippen MR) is 84.4 cm³/mol. The molecular weight excluding hydrogens is 368 g/mol. The van der Waals surface area contributed by atoms with Crippen molar-refractivity contribution in [3.05, 3.63) is 0 Å². The zero-order valence-corrected chi connectivity index (χ0v) is 17.7. The van der Waals surface area contributed by atoms with Gasteiger partial charge in [0.1, 0.15) is 11.6 Å². The molecule has 0 aliphatic rings. The van der Waals surface area contributed by atoms with Gasteiger partial charge in [0.2, 0.25) is 0 Å². The van der Waals surface area contributed by atoms with Crippen LogP contribution in [0.4, 0.5) is 0 Å². The van der Waals surface area contributed by atoms with Crippen molar-refractivity contribution < 1.29 is 61.3 Å². The van der Waals surface area contributed by atoms with E-state index in [2.05, 4.69) is 0 Å². The van der Waals surface area contributed by atoms with Crippen molar-refractivity contribution in [2.45, 2.75) is 67.6 Å². The van der Waals surface area contributed by atoms with Crippen LogP contribution in [0.1, 0.15) is 55.4 Å². The number of aliphatic hydroxyl groups is 2. The Hall–Kier alpha value is -1.09. The molecule has 0 aromatic heterocycles. The summed E-state index contributed by atoms with van der Waals surface area (Å²) in [6.07, 6.45) is -0.333. The zero-order chi connectivity index (χ0) is 20.6. The van der Waals surface area contributed by atoms with E-state index in [9.17, 15) is 29.4 Å². The normalized spacial score (nSPS) is 11.0. The maximum Gasteiger partial charge on any atom is 2.00 e. The molecule has 0 heterocycles. The van der Waals surface area contributed by atoms with E-state index in [1.165, 1.54) is 27.7 Å². The minimum absolute atomic E-state index is 0. The van der Waals surface area contributed by atoms with Gasteiger partial charge in [0.25, 0.3) is 0 Å². The quantitative estimate of drug-likeness (QED) is 0.437. The van der Waals surface area contributed by atoms with Crippen LogP contribution >= 0.6 is 0 Å². The topological polar surface area (TPSA) is 155 Å². The first kappa shape index (κ1) is 35.1. The van der Waals surface area contributed by atoms with Gasteiger partial charge in [-0.05, 0) is 41.5 Å². The van der Waals surface area contributed by atoms with Gasteiger partial charge < -0.3 is 30.0 Å². The maximum atomic E-state index is 10.2. The number of rotatable bonds is 4. The number of carbonyl (C=O) groups excluding carboxylic acids is 4. The molecule has 25 heavy (non-hydrogen) atoms. The van der Waals surface area contributed by atoms with Crippen LogP contribution < -0.4 is 10.2 Å². The Kier molecular flexibility index (Phi) is 29.4. The molecule has 0 aromatic rings. The number of aliphatic carboxylic acids is 2. The van der Waals surface area contributed by atoms with Gasteiger partial charge in [-0.15, -0.1) is 0 Å². The molecule has 2 N–H and O–H groups in total. The number of carbonyl (C=O) groups is 4. The second kappa shape index (κ2) is 21.0. The fourth-order valence-electron chi connectivity index (χ4n) is 0.332. The Morgan fingerprint density at radius 3 is 0.760 bits per heavy atom. The van der Waals surface area contributed by atoms with Crippen LogP contribution in [0.5, 0.6) is 0 Å². The van der Waals surface area contributed by atoms with E-state index in [0.717, 1.165) is 0 Å². The molecule has 2 unspecified atom stereocenters. The smallest absolute Gasteiger partial charge is 0.549 e. The average molecular weight is 398 g/mol. The summed E-state index contributed by atoms with van der Waals surface area (Å²) in [5.41, 5.74) is 0. The summed E-state index contributed by atoms with van der Waals surface area (Å²) < 4.78 is 0. The summed E-state index contributed by atoms with van der Waals surface area (Å²) in [6.45, 7) is 11.9. The van der Waals surface area contributed by atoms with Crippen molar-refractivity contribution >= 4 is 23.5 Å². The molecular formula is C16H30O8Ti. The number of carboxylic acid groups (broad SMARTS) is 2. The molecule has 2 atom stereocenters. The van der Waals surface area contributed by atoms with Crippen molar-refractivity contribution in [3.63, 3.8) is 0 Å². The molecule has 0 fully saturated rings. The largest absolute Gasteiger partial charge is 2.00 e. The Labute approximate surface area is 164 Å². The third kappa shape index (κ3) is 45.1. The van der Waals surface area contributed by atoms with E-state index in [-0.39, 0.29) is 45.5 Å². The number of hydrogen-bond donors (Lipinski definition) is 2. The number of aliphatic hydroxyl groups excluding tert-OH is 2. The molecule has 0 spiro atoms. The molecule has 0 saturated heterocycles.